The van der Waals surface area contributed by atoms with E-state index in [0.29, 0.717) is 11.3 Å². The number of aryl methyl sites for hydroxylation is 1. The molecular formula is C15H12BrF3O. The zero-order valence-corrected chi connectivity index (χ0v) is 12.5. The van der Waals surface area contributed by atoms with Gasteiger partial charge in [-0.3, -0.25) is 0 Å². The summed E-state index contributed by atoms with van der Waals surface area (Å²) in [7, 11) is 1.43. The largest absolute Gasteiger partial charge is 0.497 e. The lowest BCUT2D eigenvalue weighted by molar-refractivity contribution is 0.411. The maximum atomic E-state index is 14.0. The Morgan fingerprint density at radius 2 is 1.60 bits per heavy atom. The highest BCUT2D eigenvalue weighted by atomic mass is 79.9. The van der Waals surface area contributed by atoms with Gasteiger partial charge in [0.25, 0.3) is 0 Å². The average Bonchev–Trinajstić information content (AvgIpc) is 2.42. The molecule has 1 unspecified atom stereocenters. The van der Waals surface area contributed by atoms with Crippen molar-refractivity contribution in [2.75, 3.05) is 7.11 Å². The van der Waals surface area contributed by atoms with Gasteiger partial charge in [-0.05, 0) is 24.6 Å². The van der Waals surface area contributed by atoms with Crippen LogP contribution in [0.5, 0.6) is 5.75 Å². The molecule has 0 heterocycles. The number of alkyl halides is 1. The van der Waals surface area contributed by atoms with Gasteiger partial charge in [0.05, 0.1) is 11.9 Å². The van der Waals surface area contributed by atoms with E-state index < -0.39 is 22.3 Å². The van der Waals surface area contributed by atoms with Crippen molar-refractivity contribution in [2.24, 2.45) is 0 Å². The summed E-state index contributed by atoms with van der Waals surface area (Å²) in [5.74, 6) is -1.49. The zero-order chi connectivity index (χ0) is 14.9. The zero-order valence-electron chi connectivity index (χ0n) is 10.9. The second kappa shape index (κ2) is 5.87. The van der Waals surface area contributed by atoms with Crippen molar-refractivity contribution in [3.63, 3.8) is 0 Å². The number of ether oxygens (including phenoxy) is 1. The van der Waals surface area contributed by atoms with Gasteiger partial charge in [-0.1, -0.05) is 22.0 Å². The molecule has 0 aliphatic heterocycles. The van der Waals surface area contributed by atoms with Crippen molar-refractivity contribution in [1.82, 2.24) is 0 Å². The predicted octanol–water partition coefficient (Wildman–Crippen LogP) is 4.91. The summed E-state index contributed by atoms with van der Waals surface area (Å²) in [6.45, 7) is 1.53. The Labute approximate surface area is 123 Å². The molecule has 5 heteroatoms. The molecule has 0 N–H and O–H groups in total. The van der Waals surface area contributed by atoms with Crippen LogP contribution in [0.15, 0.2) is 30.3 Å². The number of hydrogen-bond donors (Lipinski definition) is 0. The molecule has 2 aromatic carbocycles. The summed E-state index contributed by atoms with van der Waals surface area (Å²) >= 11 is 3.26. The van der Waals surface area contributed by atoms with E-state index in [1.807, 2.05) is 0 Å². The second-order valence-corrected chi connectivity index (χ2v) is 5.29. The van der Waals surface area contributed by atoms with Gasteiger partial charge in [-0.15, -0.1) is 0 Å². The molecule has 0 saturated heterocycles. The highest BCUT2D eigenvalue weighted by molar-refractivity contribution is 9.09. The van der Waals surface area contributed by atoms with Crippen molar-refractivity contribution in [3.05, 3.63) is 64.5 Å². The minimum absolute atomic E-state index is 0.188. The average molecular weight is 345 g/mol. The van der Waals surface area contributed by atoms with Gasteiger partial charge in [0.1, 0.15) is 23.2 Å². The monoisotopic (exact) mass is 344 g/mol. The molecule has 0 spiro atoms. The van der Waals surface area contributed by atoms with Gasteiger partial charge in [0.2, 0.25) is 0 Å². The van der Waals surface area contributed by atoms with Gasteiger partial charge in [-0.2, -0.15) is 0 Å². The normalized spacial score (nSPS) is 12.3. The molecule has 0 aliphatic carbocycles. The molecule has 0 fully saturated rings. The van der Waals surface area contributed by atoms with Crippen LogP contribution in [0.1, 0.15) is 21.5 Å². The molecule has 1 nitrogen and oxygen atoms in total. The molecule has 1 atom stereocenters. The maximum absolute atomic E-state index is 14.0. The highest BCUT2D eigenvalue weighted by Crippen LogP contribution is 2.35. The van der Waals surface area contributed by atoms with Crippen LogP contribution in [0, 0.1) is 24.4 Å². The molecular weight excluding hydrogens is 333 g/mol. The van der Waals surface area contributed by atoms with E-state index in [1.54, 1.807) is 6.07 Å². The number of halogens is 4. The van der Waals surface area contributed by atoms with Gasteiger partial charge in [0, 0.05) is 23.3 Å². The van der Waals surface area contributed by atoms with Crippen LogP contribution in [-0.4, -0.2) is 7.11 Å². The van der Waals surface area contributed by atoms with Crippen molar-refractivity contribution >= 4 is 15.9 Å². The minimum Gasteiger partial charge on any atom is -0.497 e. The third kappa shape index (κ3) is 2.82. The number of hydrogen-bond acceptors (Lipinski definition) is 1. The maximum Gasteiger partial charge on any atom is 0.131 e. The van der Waals surface area contributed by atoms with Crippen molar-refractivity contribution in [3.8, 4) is 5.75 Å². The van der Waals surface area contributed by atoms with E-state index in [4.69, 9.17) is 4.74 Å². The lowest BCUT2D eigenvalue weighted by atomic mass is 10.0. The Bertz CT molecular complexity index is 643. The molecule has 0 aromatic heterocycles. The first kappa shape index (κ1) is 14.9. The summed E-state index contributed by atoms with van der Waals surface area (Å²) < 4.78 is 46.0. The first-order valence-electron chi connectivity index (χ1n) is 5.87. The fraction of sp³-hybridized carbons (Fsp3) is 0.200. The Hall–Kier alpha value is -1.49. The molecule has 2 rings (SSSR count). The summed E-state index contributed by atoms with van der Waals surface area (Å²) in [5, 5.41) is 0. The molecule has 2 aromatic rings. The first-order valence-corrected chi connectivity index (χ1v) is 6.78. The SMILES string of the molecule is COc1ccc(C(Br)c2cc(C)c(F)cc2F)c(F)c1. The first-order chi connectivity index (χ1) is 9.43. The molecule has 0 amide bonds. The van der Waals surface area contributed by atoms with Crippen LogP contribution < -0.4 is 4.74 Å². The topological polar surface area (TPSA) is 9.23 Å². The Morgan fingerprint density at radius 1 is 0.950 bits per heavy atom. The number of rotatable bonds is 3. The van der Waals surface area contributed by atoms with Gasteiger partial charge >= 0.3 is 0 Å². The summed E-state index contributed by atoms with van der Waals surface area (Å²) in [5.41, 5.74) is 0.753. The van der Waals surface area contributed by atoms with E-state index in [9.17, 15) is 13.2 Å². The molecule has 20 heavy (non-hydrogen) atoms. The van der Waals surface area contributed by atoms with E-state index in [2.05, 4.69) is 15.9 Å². The van der Waals surface area contributed by atoms with Gasteiger partial charge in [-0.25, -0.2) is 13.2 Å². The molecule has 106 valence electrons. The lowest BCUT2D eigenvalue weighted by Gasteiger charge is -2.14. The van der Waals surface area contributed by atoms with E-state index in [-0.39, 0.29) is 11.1 Å². The molecule has 0 saturated carbocycles. The van der Waals surface area contributed by atoms with Crippen molar-refractivity contribution in [2.45, 2.75) is 11.8 Å². The highest BCUT2D eigenvalue weighted by Gasteiger charge is 2.20. The van der Waals surface area contributed by atoms with Crippen LogP contribution >= 0.6 is 15.9 Å². The fourth-order valence-corrected chi connectivity index (χ4v) is 2.60. The molecule has 0 aliphatic rings. The smallest absolute Gasteiger partial charge is 0.131 e. The number of methoxy groups -OCH3 is 1. The summed E-state index contributed by atoms with van der Waals surface area (Å²) in [6, 6.07) is 6.48. The van der Waals surface area contributed by atoms with Crippen molar-refractivity contribution < 1.29 is 17.9 Å². The standard InChI is InChI=1S/C15H12BrF3O/c1-8-5-11(14(19)7-12(8)17)15(16)10-4-3-9(20-2)6-13(10)18/h3-7,15H,1-2H3. The van der Waals surface area contributed by atoms with Crippen LogP contribution in [0.3, 0.4) is 0 Å². The Kier molecular flexibility index (Phi) is 4.38. The molecule has 0 radical (unpaired) electrons. The minimum atomic E-state index is -0.717. The van der Waals surface area contributed by atoms with E-state index in [1.165, 1.54) is 32.2 Å². The van der Waals surface area contributed by atoms with Gasteiger partial charge in [0.15, 0.2) is 0 Å². The lowest BCUT2D eigenvalue weighted by Crippen LogP contribution is -2.02. The van der Waals surface area contributed by atoms with Crippen LogP contribution in [-0.2, 0) is 0 Å². The van der Waals surface area contributed by atoms with Gasteiger partial charge < -0.3 is 4.74 Å². The quantitative estimate of drug-likeness (QED) is 0.719. The second-order valence-electron chi connectivity index (χ2n) is 4.37. The predicted molar refractivity (Wildman–Crippen MR) is 74.8 cm³/mol. The summed E-state index contributed by atoms with van der Waals surface area (Å²) in [6.07, 6.45) is 0. The number of benzene rings is 2. The fourth-order valence-electron chi connectivity index (χ4n) is 1.88. The van der Waals surface area contributed by atoms with E-state index in [0.717, 1.165) is 6.07 Å². The Morgan fingerprint density at radius 3 is 2.20 bits per heavy atom. The van der Waals surface area contributed by atoms with Crippen molar-refractivity contribution in [1.29, 1.82) is 0 Å². The Balaban J connectivity index is 2.46. The summed E-state index contributed by atoms with van der Waals surface area (Å²) in [4.78, 5) is -0.701. The molecule has 0 bridgehead atoms. The third-order valence-electron chi connectivity index (χ3n) is 3.03. The van der Waals surface area contributed by atoms with Crippen LogP contribution in [0.4, 0.5) is 13.2 Å². The third-order valence-corrected chi connectivity index (χ3v) is 4.02. The van der Waals surface area contributed by atoms with Crippen LogP contribution in [0.2, 0.25) is 0 Å². The van der Waals surface area contributed by atoms with Crippen LogP contribution in [0.25, 0.3) is 0 Å². The van der Waals surface area contributed by atoms with E-state index >= 15 is 0 Å².